The maximum absolute atomic E-state index is 13.3. The number of ether oxygens (including phenoxy) is 1. The summed E-state index contributed by atoms with van der Waals surface area (Å²) >= 11 is 0. The molecule has 8 heteroatoms. The van der Waals surface area contributed by atoms with Gasteiger partial charge in [0, 0.05) is 38.4 Å². The Morgan fingerprint density at radius 1 is 1.21 bits per heavy atom. The van der Waals surface area contributed by atoms with Crippen LogP contribution in [0.5, 0.6) is 5.75 Å². The molecule has 1 saturated heterocycles. The SMILES string of the molecule is CC.CC1CCC(NC(=O)c2c(O)c3cccnc3n(CCN3CCOC(C)C3)c2=O)CC1. The summed E-state index contributed by atoms with van der Waals surface area (Å²) in [5, 5.41) is 14.2. The van der Waals surface area contributed by atoms with Gasteiger partial charge in [0.1, 0.15) is 17.0 Å². The number of hydrogen-bond donors (Lipinski definition) is 2. The van der Waals surface area contributed by atoms with Crippen molar-refractivity contribution in [1.29, 1.82) is 0 Å². The fraction of sp³-hybridized carbons (Fsp3) is 0.640. The highest BCUT2D eigenvalue weighted by atomic mass is 16.5. The van der Waals surface area contributed by atoms with Gasteiger partial charge >= 0.3 is 0 Å². The van der Waals surface area contributed by atoms with Crippen molar-refractivity contribution in [3.8, 4) is 5.75 Å². The molecule has 2 aromatic rings. The summed E-state index contributed by atoms with van der Waals surface area (Å²) in [6.45, 7) is 11.5. The van der Waals surface area contributed by atoms with Crippen molar-refractivity contribution in [2.24, 2.45) is 5.92 Å². The van der Waals surface area contributed by atoms with Gasteiger partial charge in [-0.05, 0) is 50.7 Å². The Balaban J connectivity index is 0.00000149. The van der Waals surface area contributed by atoms with Crippen molar-refractivity contribution < 1.29 is 14.6 Å². The smallest absolute Gasteiger partial charge is 0.268 e. The van der Waals surface area contributed by atoms with E-state index in [1.54, 1.807) is 18.3 Å². The van der Waals surface area contributed by atoms with Gasteiger partial charge in [-0.3, -0.25) is 19.1 Å². The van der Waals surface area contributed by atoms with Gasteiger partial charge in [-0.15, -0.1) is 0 Å². The van der Waals surface area contributed by atoms with Crippen molar-refractivity contribution in [2.45, 2.75) is 72.1 Å². The lowest BCUT2D eigenvalue weighted by atomic mass is 9.87. The van der Waals surface area contributed by atoms with Gasteiger partial charge in [0.2, 0.25) is 0 Å². The van der Waals surface area contributed by atoms with E-state index < -0.39 is 11.5 Å². The number of nitrogens with zero attached hydrogens (tertiary/aromatic N) is 3. The normalized spacial score (nSPS) is 23.6. The molecule has 0 bridgehead atoms. The van der Waals surface area contributed by atoms with Gasteiger partial charge in [0.15, 0.2) is 0 Å². The molecule has 1 aliphatic heterocycles. The van der Waals surface area contributed by atoms with E-state index in [0.717, 1.165) is 38.8 Å². The van der Waals surface area contributed by atoms with Crippen molar-refractivity contribution in [3.63, 3.8) is 0 Å². The average molecular weight is 459 g/mol. The Bertz CT molecular complexity index is 998. The summed E-state index contributed by atoms with van der Waals surface area (Å²) in [6.07, 6.45) is 5.65. The summed E-state index contributed by atoms with van der Waals surface area (Å²) in [5.74, 6) is -0.124. The summed E-state index contributed by atoms with van der Waals surface area (Å²) < 4.78 is 7.11. The fourth-order valence-electron chi connectivity index (χ4n) is 4.67. The largest absolute Gasteiger partial charge is 0.506 e. The highest BCUT2D eigenvalue weighted by Gasteiger charge is 2.27. The number of nitrogens with one attached hydrogen (secondary N) is 1. The molecular formula is C25H38N4O4. The predicted molar refractivity (Wildman–Crippen MR) is 130 cm³/mol. The van der Waals surface area contributed by atoms with E-state index in [4.69, 9.17) is 4.74 Å². The molecule has 8 nitrogen and oxygen atoms in total. The number of rotatable bonds is 5. The molecule has 1 unspecified atom stereocenters. The molecular weight excluding hydrogens is 420 g/mol. The number of aromatic hydroxyl groups is 1. The lowest BCUT2D eigenvalue weighted by Gasteiger charge is -2.31. The maximum atomic E-state index is 13.3. The van der Waals surface area contributed by atoms with Crippen LogP contribution in [0.25, 0.3) is 11.0 Å². The van der Waals surface area contributed by atoms with Crippen LogP contribution in [0.1, 0.15) is 63.7 Å². The van der Waals surface area contributed by atoms with Crippen LogP contribution in [0, 0.1) is 5.92 Å². The first-order valence-electron chi connectivity index (χ1n) is 12.3. The highest BCUT2D eigenvalue weighted by molar-refractivity contribution is 6.01. The second kappa shape index (κ2) is 11.6. The molecule has 1 amide bonds. The summed E-state index contributed by atoms with van der Waals surface area (Å²) in [5.41, 5.74) is -0.282. The van der Waals surface area contributed by atoms with Crippen molar-refractivity contribution in [2.75, 3.05) is 26.2 Å². The molecule has 2 N–H and O–H groups in total. The topological polar surface area (TPSA) is 96.7 Å². The number of carbonyl (C=O) groups is 1. The predicted octanol–water partition coefficient (Wildman–Crippen LogP) is 3.16. The van der Waals surface area contributed by atoms with Crippen LogP contribution >= 0.6 is 0 Å². The molecule has 2 aromatic heterocycles. The zero-order valence-corrected chi connectivity index (χ0v) is 20.3. The minimum Gasteiger partial charge on any atom is -0.506 e. The van der Waals surface area contributed by atoms with E-state index in [1.807, 2.05) is 20.8 Å². The van der Waals surface area contributed by atoms with E-state index >= 15 is 0 Å². The monoisotopic (exact) mass is 458 g/mol. The average Bonchev–Trinajstić information content (AvgIpc) is 2.82. The molecule has 1 atom stereocenters. The zero-order valence-electron chi connectivity index (χ0n) is 20.3. The van der Waals surface area contributed by atoms with E-state index in [-0.39, 0.29) is 23.5 Å². The van der Waals surface area contributed by atoms with Crippen LogP contribution < -0.4 is 10.9 Å². The number of aromatic nitrogens is 2. The van der Waals surface area contributed by atoms with Gasteiger partial charge in [-0.2, -0.15) is 0 Å². The minimum atomic E-state index is -0.499. The number of morpholine rings is 1. The van der Waals surface area contributed by atoms with Gasteiger partial charge in [-0.1, -0.05) is 20.8 Å². The molecule has 0 aromatic carbocycles. The molecule has 0 radical (unpaired) electrons. The van der Waals surface area contributed by atoms with Crippen LogP contribution in [0.2, 0.25) is 0 Å². The molecule has 33 heavy (non-hydrogen) atoms. The quantitative estimate of drug-likeness (QED) is 0.715. The van der Waals surface area contributed by atoms with Crippen molar-refractivity contribution in [1.82, 2.24) is 19.8 Å². The molecule has 3 heterocycles. The number of carbonyl (C=O) groups excluding carboxylic acids is 1. The summed E-state index contributed by atoms with van der Waals surface area (Å²) in [4.78, 5) is 33.0. The lowest BCUT2D eigenvalue weighted by Crippen LogP contribution is -2.44. The Morgan fingerprint density at radius 2 is 1.94 bits per heavy atom. The Kier molecular flexibility index (Phi) is 8.86. The third-order valence-corrected chi connectivity index (χ3v) is 6.54. The van der Waals surface area contributed by atoms with Gasteiger partial charge in [0.25, 0.3) is 11.5 Å². The van der Waals surface area contributed by atoms with E-state index in [0.29, 0.717) is 36.6 Å². The third-order valence-electron chi connectivity index (χ3n) is 6.54. The van der Waals surface area contributed by atoms with Crippen LogP contribution in [0.4, 0.5) is 0 Å². The van der Waals surface area contributed by atoms with E-state index in [9.17, 15) is 14.7 Å². The van der Waals surface area contributed by atoms with Gasteiger partial charge in [-0.25, -0.2) is 4.98 Å². The van der Waals surface area contributed by atoms with Crippen molar-refractivity contribution >= 4 is 16.9 Å². The van der Waals surface area contributed by atoms with Crippen LogP contribution in [0.15, 0.2) is 23.1 Å². The number of hydrogen-bond acceptors (Lipinski definition) is 6. The van der Waals surface area contributed by atoms with Gasteiger partial charge in [0.05, 0.1) is 18.1 Å². The summed E-state index contributed by atoms with van der Waals surface area (Å²) in [7, 11) is 0. The first-order valence-corrected chi connectivity index (χ1v) is 12.3. The molecule has 1 saturated carbocycles. The first-order chi connectivity index (χ1) is 15.9. The number of amides is 1. The van der Waals surface area contributed by atoms with Crippen molar-refractivity contribution in [3.05, 3.63) is 34.2 Å². The number of fused-ring (bicyclic) bond motifs is 1. The van der Waals surface area contributed by atoms with E-state index in [2.05, 4.69) is 22.1 Å². The Morgan fingerprint density at radius 3 is 2.64 bits per heavy atom. The Labute approximate surface area is 196 Å². The van der Waals surface area contributed by atoms with Gasteiger partial charge < -0.3 is 15.2 Å². The fourth-order valence-corrected chi connectivity index (χ4v) is 4.67. The standard InChI is InChI=1S/C23H32N4O4.C2H6/c1-15-5-7-17(8-6-15)25-22(29)19-20(28)18-4-3-9-24-21(18)27(23(19)30)11-10-26-12-13-31-16(2)14-26;1-2/h3-4,9,15-17,28H,5-8,10-14H2,1-2H3,(H,25,29);1-2H3. The molecule has 1 aliphatic carbocycles. The minimum absolute atomic E-state index is 0.0374. The van der Waals surface area contributed by atoms with Crippen LogP contribution in [0.3, 0.4) is 0 Å². The molecule has 4 rings (SSSR count). The van der Waals surface area contributed by atoms with Crippen LogP contribution in [-0.4, -0.2) is 63.9 Å². The number of pyridine rings is 2. The third kappa shape index (κ3) is 5.92. The molecule has 2 aliphatic rings. The maximum Gasteiger partial charge on any atom is 0.268 e. The second-order valence-corrected chi connectivity index (χ2v) is 8.97. The molecule has 0 spiro atoms. The summed E-state index contributed by atoms with van der Waals surface area (Å²) in [6, 6.07) is 3.43. The molecule has 182 valence electrons. The lowest BCUT2D eigenvalue weighted by molar-refractivity contribution is -0.0191. The highest BCUT2D eigenvalue weighted by Crippen LogP contribution is 2.27. The van der Waals surface area contributed by atoms with E-state index in [1.165, 1.54) is 4.57 Å². The zero-order chi connectivity index (χ0) is 24.0. The molecule has 2 fully saturated rings. The van der Waals surface area contributed by atoms with Crippen LogP contribution in [-0.2, 0) is 11.3 Å². The first kappa shape index (κ1) is 25.2. The Hall–Kier alpha value is -2.45. The second-order valence-electron chi connectivity index (χ2n) is 8.97.